The number of alkyl halides is 3. The minimum atomic E-state index is -4.75. The monoisotopic (exact) mass is 580 g/mol. The summed E-state index contributed by atoms with van der Waals surface area (Å²) in [5.41, 5.74) is 1.52. The Hall–Kier alpha value is -5.07. The number of amides is 1. The van der Waals surface area contributed by atoms with Crippen LogP contribution >= 0.6 is 0 Å². The Labute approximate surface area is 238 Å². The first-order chi connectivity index (χ1) is 20.0. The normalized spacial score (nSPS) is 11.5. The summed E-state index contributed by atoms with van der Waals surface area (Å²) in [6.45, 7) is 3.89. The van der Waals surface area contributed by atoms with Crippen LogP contribution in [-0.4, -0.2) is 51.6 Å². The molecule has 42 heavy (non-hydrogen) atoms. The van der Waals surface area contributed by atoms with E-state index in [0.29, 0.717) is 50.9 Å². The van der Waals surface area contributed by atoms with Crippen molar-refractivity contribution in [2.24, 2.45) is 0 Å². The number of carbonyl (C=O) groups is 1. The summed E-state index contributed by atoms with van der Waals surface area (Å²) < 4.78 is 60.2. The van der Waals surface area contributed by atoms with Gasteiger partial charge in [0.25, 0.3) is 5.91 Å². The summed E-state index contributed by atoms with van der Waals surface area (Å²) in [4.78, 5) is 17.8. The number of aromatic nitrogens is 5. The molecule has 1 amide bonds. The largest absolute Gasteiger partial charge is 0.497 e. The molecule has 2 aromatic carbocycles. The number of nitrogens with zero attached hydrogens (tertiary/aromatic N) is 5. The number of hydrogen-bond acceptors (Lipinski definition) is 7. The third kappa shape index (κ3) is 5.32. The maximum absolute atomic E-state index is 14.0. The molecule has 0 unspecified atom stereocenters. The van der Waals surface area contributed by atoms with E-state index < -0.39 is 17.8 Å². The van der Waals surface area contributed by atoms with E-state index in [2.05, 4.69) is 20.5 Å². The maximum Gasteiger partial charge on any atom is 0.433 e. The highest BCUT2D eigenvalue weighted by atomic mass is 19.4. The second-order valence-electron chi connectivity index (χ2n) is 9.39. The van der Waals surface area contributed by atoms with Gasteiger partial charge in [0, 0.05) is 5.56 Å². The maximum atomic E-state index is 14.0. The molecule has 0 aliphatic rings. The molecule has 1 N–H and O–H groups in total. The molecule has 0 fully saturated rings. The van der Waals surface area contributed by atoms with E-state index in [4.69, 9.17) is 14.2 Å². The van der Waals surface area contributed by atoms with Crippen molar-refractivity contribution in [3.8, 4) is 28.5 Å². The quantitative estimate of drug-likeness (QED) is 0.256. The zero-order chi connectivity index (χ0) is 30.2. The van der Waals surface area contributed by atoms with Gasteiger partial charge in [-0.05, 0) is 61.9 Å². The van der Waals surface area contributed by atoms with Crippen molar-refractivity contribution in [2.45, 2.75) is 26.6 Å². The van der Waals surface area contributed by atoms with Gasteiger partial charge in [-0.15, -0.1) is 0 Å². The van der Waals surface area contributed by atoms with Gasteiger partial charge in [-0.2, -0.15) is 23.4 Å². The second-order valence-corrected chi connectivity index (χ2v) is 9.39. The van der Waals surface area contributed by atoms with Gasteiger partial charge in [-0.1, -0.05) is 6.07 Å². The Balaban J connectivity index is 1.49. The number of fused-ring (bicyclic) bond motifs is 1. The van der Waals surface area contributed by atoms with Crippen LogP contribution in [0.3, 0.4) is 0 Å². The molecular weight excluding hydrogens is 553 g/mol. The molecular formula is C29H27F3N6O4. The van der Waals surface area contributed by atoms with Gasteiger partial charge >= 0.3 is 6.18 Å². The SMILES string of the molecule is COc1ccc(-c2cc(C(F)(F)F)n3ncc(C(=O)Nc4c(C)nn(Cc5ccc(OC)c(OC)c5)c4C)c3n2)cc1. The molecule has 0 aliphatic carbocycles. The lowest BCUT2D eigenvalue weighted by Gasteiger charge is -2.12. The van der Waals surface area contributed by atoms with Crippen molar-refractivity contribution in [1.82, 2.24) is 24.4 Å². The highest BCUT2D eigenvalue weighted by Gasteiger charge is 2.36. The Kier molecular flexibility index (Phi) is 7.50. The lowest BCUT2D eigenvalue weighted by Crippen LogP contribution is -2.16. The fourth-order valence-corrected chi connectivity index (χ4v) is 4.60. The van der Waals surface area contributed by atoms with Gasteiger partial charge in [0.05, 0.1) is 56.8 Å². The van der Waals surface area contributed by atoms with Crippen LogP contribution in [-0.2, 0) is 12.7 Å². The fourth-order valence-electron chi connectivity index (χ4n) is 4.60. The van der Waals surface area contributed by atoms with Crippen molar-refractivity contribution in [3.63, 3.8) is 0 Å². The minimum Gasteiger partial charge on any atom is -0.497 e. The predicted octanol–water partition coefficient (Wildman–Crippen LogP) is 5.55. The topological polar surface area (TPSA) is 105 Å². The van der Waals surface area contributed by atoms with Gasteiger partial charge in [-0.25, -0.2) is 9.50 Å². The summed E-state index contributed by atoms with van der Waals surface area (Å²) >= 11 is 0. The molecule has 5 rings (SSSR count). The highest BCUT2D eigenvalue weighted by Crippen LogP contribution is 2.34. The molecule has 0 saturated carbocycles. The number of anilines is 1. The number of methoxy groups -OCH3 is 3. The number of hydrogen-bond donors (Lipinski definition) is 1. The number of benzene rings is 2. The molecule has 0 radical (unpaired) electrons. The second kappa shape index (κ2) is 11.1. The number of rotatable bonds is 8. The molecule has 10 nitrogen and oxygen atoms in total. The standard InChI is InChI=1S/C29H27F3N6O4/c1-16-26(17(2)37(36-16)15-18-6-11-23(41-4)24(12-18)42-5)35-28(39)21-14-33-38-25(29(30,31)32)13-22(34-27(21)38)19-7-9-20(40-3)10-8-19/h6-14H,15H2,1-5H3,(H,35,39). The zero-order valence-corrected chi connectivity index (χ0v) is 23.4. The van der Waals surface area contributed by atoms with Crippen LogP contribution in [0.15, 0.2) is 54.7 Å². The highest BCUT2D eigenvalue weighted by molar-refractivity contribution is 6.08. The Morgan fingerprint density at radius 1 is 0.952 bits per heavy atom. The van der Waals surface area contributed by atoms with Crippen LogP contribution in [0.2, 0.25) is 0 Å². The lowest BCUT2D eigenvalue weighted by molar-refractivity contribution is -0.142. The minimum absolute atomic E-state index is 0.0297. The molecule has 0 saturated heterocycles. The first kappa shape index (κ1) is 28.5. The molecule has 218 valence electrons. The van der Waals surface area contributed by atoms with Crippen LogP contribution in [0.1, 0.15) is 33.0 Å². The number of halogens is 3. The van der Waals surface area contributed by atoms with Crippen molar-refractivity contribution >= 4 is 17.2 Å². The van der Waals surface area contributed by atoms with Gasteiger partial charge in [0.1, 0.15) is 11.3 Å². The zero-order valence-electron chi connectivity index (χ0n) is 23.4. The van der Waals surface area contributed by atoms with Crippen LogP contribution in [0.25, 0.3) is 16.9 Å². The van der Waals surface area contributed by atoms with Crippen LogP contribution in [0.5, 0.6) is 17.2 Å². The van der Waals surface area contributed by atoms with Crippen molar-refractivity contribution in [2.75, 3.05) is 26.6 Å². The fraction of sp³-hybridized carbons (Fsp3) is 0.241. The molecule has 0 bridgehead atoms. The third-order valence-electron chi connectivity index (χ3n) is 6.79. The number of aryl methyl sites for hydroxylation is 1. The van der Waals surface area contributed by atoms with Crippen LogP contribution in [0, 0.1) is 13.8 Å². The molecule has 3 heterocycles. The van der Waals surface area contributed by atoms with E-state index in [1.165, 1.54) is 7.11 Å². The van der Waals surface area contributed by atoms with Crippen molar-refractivity contribution < 1.29 is 32.2 Å². The molecule has 13 heteroatoms. The van der Waals surface area contributed by atoms with Crippen LogP contribution < -0.4 is 19.5 Å². The van der Waals surface area contributed by atoms with Crippen LogP contribution in [0.4, 0.5) is 18.9 Å². The van der Waals surface area contributed by atoms with Crippen molar-refractivity contribution in [3.05, 3.63) is 82.9 Å². The van der Waals surface area contributed by atoms with Crippen molar-refractivity contribution in [1.29, 1.82) is 0 Å². The van der Waals surface area contributed by atoms with E-state index in [9.17, 15) is 18.0 Å². The molecule has 0 aliphatic heterocycles. The summed E-state index contributed by atoms with van der Waals surface area (Å²) in [6.07, 6.45) is -3.68. The summed E-state index contributed by atoms with van der Waals surface area (Å²) in [5.74, 6) is 1.03. The Morgan fingerprint density at radius 2 is 1.67 bits per heavy atom. The molecule has 0 spiro atoms. The Bertz CT molecular complexity index is 1780. The third-order valence-corrected chi connectivity index (χ3v) is 6.79. The predicted molar refractivity (Wildman–Crippen MR) is 148 cm³/mol. The molecule has 5 aromatic rings. The first-order valence-electron chi connectivity index (χ1n) is 12.7. The first-order valence-corrected chi connectivity index (χ1v) is 12.7. The van der Waals surface area contributed by atoms with E-state index in [0.717, 1.165) is 17.8 Å². The summed E-state index contributed by atoms with van der Waals surface area (Å²) in [7, 11) is 4.59. The number of carbonyl (C=O) groups excluding carboxylic acids is 1. The number of ether oxygens (including phenoxy) is 3. The smallest absolute Gasteiger partial charge is 0.433 e. The van der Waals surface area contributed by atoms with E-state index in [1.54, 1.807) is 63.1 Å². The lowest BCUT2D eigenvalue weighted by atomic mass is 10.1. The van der Waals surface area contributed by atoms with E-state index in [-0.39, 0.29) is 16.9 Å². The van der Waals surface area contributed by atoms with Gasteiger partial charge in [0.15, 0.2) is 22.8 Å². The van der Waals surface area contributed by atoms with Gasteiger partial charge in [-0.3, -0.25) is 9.48 Å². The van der Waals surface area contributed by atoms with Gasteiger partial charge < -0.3 is 19.5 Å². The van der Waals surface area contributed by atoms with E-state index in [1.807, 2.05) is 12.1 Å². The number of nitrogens with one attached hydrogen (secondary N) is 1. The van der Waals surface area contributed by atoms with E-state index >= 15 is 0 Å². The molecule has 0 atom stereocenters. The summed E-state index contributed by atoms with van der Waals surface area (Å²) in [5, 5.41) is 11.2. The average molecular weight is 581 g/mol. The summed E-state index contributed by atoms with van der Waals surface area (Å²) in [6, 6.07) is 12.8. The van der Waals surface area contributed by atoms with Gasteiger partial charge in [0.2, 0.25) is 0 Å². The average Bonchev–Trinajstić information content (AvgIpc) is 3.52. The Morgan fingerprint density at radius 3 is 2.31 bits per heavy atom. The molecule has 3 aromatic heterocycles.